The first kappa shape index (κ1) is 13.5. The Labute approximate surface area is 102 Å². The molecule has 16 heavy (non-hydrogen) atoms. The van der Waals surface area contributed by atoms with E-state index in [1.807, 2.05) is 6.92 Å². The van der Waals surface area contributed by atoms with Crippen molar-refractivity contribution < 1.29 is 13.5 Å². The molecule has 0 saturated carbocycles. The van der Waals surface area contributed by atoms with Gasteiger partial charge in [-0.05, 0) is 26.1 Å². The fraction of sp³-hybridized carbons (Fsp3) is 0.455. The Morgan fingerprint density at radius 3 is 2.38 bits per heavy atom. The van der Waals surface area contributed by atoms with Crippen molar-refractivity contribution in [3.05, 3.63) is 33.8 Å². The van der Waals surface area contributed by atoms with Gasteiger partial charge in [-0.1, -0.05) is 15.9 Å². The van der Waals surface area contributed by atoms with Crippen molar-refractivity contribution in [3.63, 3.8) is 0 Å². The maximum Gasteiger partial charge on any atom is 0.132 e. The Hall–Kier alpha value is -0.520. The Balaban J connectivity index is 2.99. The van der Waals surface area contributed by atoms with Gasteiger partial charge in [0, 0.05) is 16.6 Å². The van der Waals surface area contributed by atoms with Crippen LogP contribution in [0.5, 0.6) is 0 Å². The lowest BCUT2D eigenvalue weighted by atomic mass is 10.1. The number of nitrogens with one attached hydrogen (secondary N) is 1. The predicted molar refractivity (Wildman–Crippen MR) is 62.4 cm³/mol. The van der Waals surface area contributed by atoms with Crippen molar-refractivity contribution >= 4 is 15.9 Å². The minimum Gasteiger partial charge on any atom is -0.380 e. The molecule has 1 aromatic rings. The zero-order valence-corrected chi connectivity index (χ0v) is 10.8. The van der Waals surface area contributed by atoms with Crippen molar-refractivity contribution in [1.29, 1.82) is 0 Å². The van der Waals surface area contributed by atoms with Crippen LogP contribution < -0.4 is 5.32 Å². The summed E-state index contributed by atoms with van der Waals surface area (Å²) >= 11 is 3.04. The number of rotatable bonds is 5. The summed E-state index contributed by atoms with van der Waals surface area (Å²) < 4.78 is 32.8. The van der Waals surface area contributed by atoms with Gasteiger partial charge in [0.05, 0.1) is 12.6 Å². The lowest BCUT2D eigenvalue weighted by Gasteiger charge is -2.18. The van der Waals surface area contributed by atoms with Gasteiger partial charge in [-0.3, -0.25) is 0 Å². The average Bonchev–Trinajstić information content (AvgIpc) is 2.21. The normalized spacial score (nSPS) is 12.8. The summed E-state index contributed by atoms with van der Waals surface area (Å²) in [7, 11) is 1.64. The number of hydrogen-bond acceptors (Lipinski definition) is 2. The SMILES string of the molecule is CCOCC(NC)c1c(F)cc(Br)cc1F. The number of ether oxygens (including phenoxy) is 1. The highest BCUT2D eigenvalue weighted by atomic mass is 79.9. The molecule has 1 unspecified atom stereocenters. The van der Waals surface area contributed by atoms with E-state index in [1.165, 1.54) is 12.1 Å². The first-order valence-corrected chi connectivity index (χ1v) is 5.78. The topological polar surface area (TPSA) is 21.3 Å². The van der Waals surface area contributed by atoms with Gasteiger partial charge in [-0.15, -0.1) is 0 Å². The first-order valence-electron chi connectivity index (χ1n) is 4.99. The van der Waals surface area contributed by atoms with Crippen LogP contribution >= 0.6 is 15.9 Å². The zero-order chi connectivity index (χ0) is 12.1. The molecule has 0 aromatic heterocycles. The standard InChI is InChI=1S/C11H14BrF2NO/c1-3-16-6-10(15-2)11-8(13)4-7(12)5-9(11)14/h4-5,10,15H,3,6H2,1-2H3. The lowest BCUT2D eigenvalue weighted by molar-refractivity contribution is 0.123. The van der Waals surface area contributed by atoms with Crippen molar-refractivity contribution in [1.82, 2.24) is 5.32 Å². The molecule has 0 aliphatic carbocycles. The first-order chi connectivity index (χ1) is 7.60. The van der Waals surface area contributed by atoms with E-state index in [4.69, 9.17) is 4.74 Å². The van der Waals surface area contributed by atoms with Gasteiger partial charge in [-0.2, -0.15) is 0 Å². The molecule has 0 fully saturated rings. The van der Waals surface area contributed by atoms with Crippen molar-refractivity contribution in [2.75, 3.05) is 20.3 Å². The van der Waals surface area contributed by atoms with Gasteiger partial charge < -0.3 is 10.1 Å². The summed E-state index contributed by atoms with van der Waals surface area (Å²) in [6.45, 7) is 2.58. The zero-order valence-electron chi connectivity index (χ0n) is 9.19. The van der Waals surface area contributed by atoms with E-state index in [-0.39, 0.29) is 12.2 Å². The molecule has 0 amide bonds. The molecule has 1 aromatic carbocycles. The largest absolute Gasteiger partial charge is 0.380 e. The van der Waals surface area contributed by atoms with Gasteiger partial charge >= 0.3 is 0 Å². The molecule has 1 N–H and O–H groups in total. The summed E-state index contributed by atoms with van der Waals surface area (Å²) in [5.74, 6) is -1.16. The molecule has 1 rings (SSSR count). The van der Waals surface area contributed by atoms with Crippen LogP contribution in [0.1, 0.15) is 18.5 Å². The molecule has 0 aliphatic heterocycles. The molecular formula is C11H14BrF2NO. The Bertz CT molecular complexity index is 337. The van der Waals surface area contributed by atoms with Crippen molar-refractivity contribution in [3.8, 4) is 0 Å². The van der Waals surface area contributed by atoms with Crippen LogP contribution in [0, 0.1) is 11.6 Å². The molecule has 0 heterocycles. The molecule has 2 nitrogen and oxygen atoms in total. The monoisotopic (exact) mass is 293 g/mol. The third-order valence-corrected chi connectivity index (χ3v) is 2.69. The second kappa shape index (κ2) is 6.27. The van der Waals surface area contributed by atoms with Gasteiger partial charge in [0.2, 0.25) is 0 Å². The summed E-state index contributed by atoms with van der Waals surface area (Å²) in [4.78, 5) is 0. The maximum absolute atomic E-state index is 13.6. The van der Waals surface area contributed by atoms with Crippen LogP contribution in [-0.2, 0) is 4.74 Å². The van der Waals surface area contributed by atoms with Crippen LogP contribution in [0.25, 0.3) is 0 Å². The van der Waals surface area contributed by atoms with Gasteiger partial charge in [-0.25, -0.2) is 8.78 Å². The second-order valence-electron chi connectivity index (χ2n) is 3.28. The minimum absolute atomic E-state index is 0.0131. The predicted octanol–water partition coefficient (Wildman–Crippen LogP) is 3.02. The van der Waals surface area contributed by atoms with Gasteiger partial charge in [0.1, 0.15) is 11.6 Å². The Morgan fingerprint density at radius 1 is 1.38 bits per heavy atom. The summed E-state index contributed by atoms with van der Waals surface area (Å²) in [5, 5.41) is 2.83. The molecule has 1 atom stereocenters. The smallest absolute Gasteiger partial charge is 0.132 e. The lowest BCUT2D eigenvalue weighted by Crippen LogP contribution is -2.24. The fourth-order valence-electron chi connectivity index (χ4n) is 1.43. The van der Waals surface area contributed by atoms with Crippen LogP contribution in [0.3, 0.4) is 0 Å². The highest BCUT2D eigenvalue weighted by molar-refractivity contribution is 9.10. The Kier molecular flexibility index (Phi) is 5.31. The third-order valence-electron chi connectivity index (χ3n) is 2.23. The van der Waals surface area contributed by atoms with E-state index in [1.54, 1.807) is 7.05 Å². The van der Waals surface area contributed by atoms with Gasteiger partial charge in [0.15, 0.2) is 0 Å². The van der Waals surface area contributed by atoms with E-state index in [2.05, 4.69) is 21.2 Å². The molecule has 0 saturated heterocycles. The average molecular weight is 294 g/mol. The number of hydrogen-bond donors (Lipinski definition) is 1. The quantitative estimate of drug-likeness (QED) is 0.901. The number of likely N-dealkylation sites (N-methyl/N-ethyl adjacent to an activating group) is 1. The summed E-state index contributed by atoms with van der Waals surface area (Å²) in [6.07, 6.45) is 0. The number of benzene rings is 1. The molecule has 0 radical (unpaired) electrons. The van der Waals surface area contributed by atoms with Crippen LogP contribution in [-0.4, -0.2) is 20.3 Å². The highest BCUT2D eigenvalue weighted by Gasteiger charge is 2.19. The van der Waals surface area contributed by atoms with Crippen LogP contribution in [0.2, 0.25) is 0 Å². The molecule has 5 heteroatoms. The van der Waals surface area contributed by atoms with E-state index >= 15 is 0 Å². The maximum atomic E-state index is 13.6. The third kappa shape index (κ3) is 3.23. The molecule has 0 spiro atoms. The molecule has 0 bridgehead atoms. The van der Waals surface area contributed by atoms with E-state index in [0.29, 0.717) is 11.1 Å². The Morgan fingerprint density at radius 2 is 1.94 bits per heavy atom. The fourth-order valence-corrected chi connectivity index (χ4v) is 1.83. The van der Waals surface area contributed by atoms with E-state index in [0.717, 1.165) is 0 Å². The summed E-state index contributed by atoms with van der Waals surface area (Å²) in [5.41, 5.74) is 0.0131. The van der Waals surface area contributed by atoms with Crippen LogP contribution in [0.15, 0.2) is 16.6 Å². The minimum atomic E-state index is -0.578. The highest BCUT2D eigenvalue weighted by Crippen LogP contribution is 2.24. The molecular weight excluding hydrogens is 280 g/mol. The van der Waals surface area contributed by atoms with Crippen LogP contribution in [0.4, 0.5) is 8.78 Å². The summed E-state index contributed by atoms with van der Waals surface area (Å²) in [6, 6.07) is 2.01. The van der Waals surface area contributed by atoms with Crippen molar-refractivity contribution in [2.24, 2.45) is 0 Å². The van der Waals surface area contributed by atoms with Gasteiger partial charge in [0.25, 0.3) is 0 Å². The van der Waals surface area contributed by atoms with E-state index in [9.17, 15) is 8.78 Å². The number of halogens is 3. The van der Waals surface area contributed by atoms with Crippen molar-refractivity contribution in [2.45, 2.75) is 13.0 Å². The molecule has 0 aliphatic rings. The second-order valence-corrected chi connectivity index (χ2v) is 4.20. The van der Waals surface area contributed by atoms with E-state index < -0.39 is 17.7 Å². The molecule has 90 valence electrons.